The zero-order valence-electron chi connectivity index (χ0n) is 13.3. The highest BCUT2D eigenvalue weighted by atomic mass is 32.2. The second-order valence-electron chi connectivity index (χ2n) is 5.09. The van der Waals surface area contributed by atoms with Gasteiger partial charge in [0.15, 0.2) is 0 Å². The lowest BCUT2D eigenvalue weighted by atomic mass is 10.3. The number of hydrogen-bond acceptors (Lipinski definition) is 4. The molecule has 1 aromatic carbocycles. The second kappa shape index (κ2) is 7.96. The Morgan fingerprint density at radius 3 is 2.48 bits per heavy atom. The van der Waals surface area contributed by atoms with Crippen LogP contribution in [-0.4, -0.2) is 65.2 Å². The number of piperazine rings is 1. The molecule has 1 N–H and O–H groups in total. The Labute approximate surface area is 138 Å². The van der Waals surface area contributed by atoms with Gasteiger partial charge in [0, 0.05) is 53.8 Å². The molecule has 23 heavy (non-hydrogen) atoms. The smallest absolute Gasteiger partial charge is 0.409 e. The molecule has 1 atom stereocenters. The van der Waals surface area contributed by atoms with Crippen molar-refractivity contribution in [2.24, 2.45) is 0 Å². The third kappa shape index (κ3) is 4.69. The summed E-state index contributed by atoms with van der Waals surface area (Å²) in [5.74, 6) is 0. The van der Waals surface area contributed by atoms with Crippen molar-refractivity contribution in [1.82, 2.24) is 9.80 Å². The topological polar surface area (TPSA) is 79.0 Å². The molecular weight excluding hydrogens is 318 g/mol. The Morgan fingerprint density at radius 2 is 1.87 bits per heavy atom. The third-order valence-corrected chi connectivity index (χ3v) is 4.43. The number of carbonyl (C=O) groups is 2. The van der Waals surface area contributed by atoms with E-state index in [4.69, 9.17) is 4.74 Å². The summed E-state index contributed by atoms with van der Waals surface area (Å²) in [5, 5.41) is 2.79. The Kier molecular flexibility index (Phi) is 5.97. The third-order valence-electron chi connectivity index (χ3n) is 3.51. The van der Waals surface area contributed by atoms with Crippen LogP contribution >= 0.6 is 0 Å². The van der Waals surface area contributed by atoms with Crippen molar-refractivity contribution < 1.29 is 18.5 Å². The van der Waals surface area contributed by atoms with Gasteiger partial charge in [-0.15, -0.1) is 0 Å². The fraction of sp³-hybridized carbons (Fsp3) is 0.467. The van der Waals surface area contributed by atoms with Gasteiger partial charge in [-0.3, -0.25) is 4.21 Å². The molecule has 0 aliphatic carbocycles. The van der Waals surface area contributed by atoms with Crippen molar-refractivity contribution in [1.29, 1.82) is 0 Å². The summed E-state index contributed by atoms with van der Waals surface area (Å²) in [7, 11) is -1.09. The average molecular weight is 339 g/mol. The zero-order chi connectivity index (χ0) is 16.8. The van der Waals surface area contributed by atoms with Crippen LogP contribution in [0.2, 0.25) is 0 Å². The van der Waals surface area contributed by atoms with Gasteiger partial charge in [0.05, 0.1) is 6.61 Å². The summed E-state index contributed by atoms with van der Waals surface area (Å²) in [6.45, 7) is 3.90. The van der Waals surface area contributed by atoms with E-state index in [-0.39, 0.29) is 12.1 Å². The van der Waals surface area contributed by atoms with Gasteiger partial charge in [-0.05, 0) is 25.1 Å². The van der Waals surface area contributed by atoms with Crippen LogP contribution in [0.25, 0.3) is 0 Å². The Balaban J connectivity index is 1.89. The van der Waals surface area contributed by atoms with E-state index in [2.05, 4.69) is 5.32 Å². The second-order valence-corrected chi connectivity index (χ2v) is 6.46. The van der Waals surface area contributed by atoms with E-state index in [1.54, 1.807) is 47.2 Å². The number of carbonyl (C=O) groups excluding carboxylic acids is 2. The molecule has 0 radical (unpaired) electrons. The summed E-state index contributed by atoms with van der Waals surface area (Å²) in [6.07, 6.45) is 1.25. The van der Waals surface area contributed by atoms with Gasteiger partial charge in [0.2, 0.25) is 0 Å². The number of urea groups is 1. The van der Waals surface area contributed by atoms with Gasteiger partial charge >= 0.3 is 12.1 Å². The minimum atomic E-state index is -1.09. The quantitative estimate of drug-likeness (QED) is 0.909. The Morgan fingerprint density at radius 1 is 1.22 bits per heavy atom. The monoisotopic (exact) mass is 339 g/mol. The largest absolute Gasteiger partial charge is 0.450 e. The van der Waals surface area contributed by atoms with Crippen molar-refractivity contribution in [2.45, 2.75) is 11.8 Å². The van der Waals surface area contributed by atoms with Crippen LogP contribution in [0.15, 0.2) is 29.2 Å². The highest BCUT2D eigenvalue weighted by Crippen LogP contribution is 2.14. The van der Waals surface area contributed by atoms with Crippen LogP contribution in [-0.2, 0) is 15.5 Å². The summed E-state index contributed by atoms with van der Waals surface area (Å²) in [6, 6.07) is 6.73. The van der Waals surface area contributed by atoms with Gasteiger partial charge in [-0.25, -0.2) is 9.59 Å². The molecule has 0 saturated carbocycles. The van der Waals surface area contributed by atoms with Crippen LogP contribution in [0.3, 0.4) is 0 Å². The molecule has 1 heterocycles. The standard InChI is InChI=1S/C15H21N3O4S/c1-3-22-15(20)18-9-7-17(8-10-18)14(19)16-12-5-4-6-13(11-12)23(2)21/h4-6,11H,3,7-10H2,1-2H3,(H,16,19)/t23-/m0/s1. The molecule has 1 aliphatic rings. The van der Waals surface area contributed by atoms with E-state index >= 15 is 0 Å². The molecule has 1 saturated heterocycles. The first kappa shape index (κ1) is 17.3. The zero-order valence-corrected chi connectivity index (χ0v) is 14.1. The fourth-order valence-corrected chi connectivity index (χ4v) is 2.83. The van der Waals surface area contributed by atoms with E-state index in [9.17, 15) is 13.8 Å². The molecule has 0 aromatic heterocycles. The summed E-state index contributed by atoms with van der Waals surface area (Å²) in [4.78, 5) is 27.8. The van der Waals surface area contributed by atoms with Gasteiger partial charge in [0.1, 0.15) is 0 Å². The lowest BCUT2D eigenvalue weighted by molar-refractivity contribution is 0.0868. The van der Waals surface area contributed by atoms with E-state index in [1.165, 1.54) is 0 Å². The molecule has 1 aromatic rings. The molecule has 0 unspecified atom stereocenters. The molecule has 0 spiro atoms. The number of rotatable bonds is 3. The molecular formula is C15H21N3O4S. The van der Waals surface area contributed by atoms with E-state index < -0.39 is 10.8 Å². The Hall–Kier alpha value is -2.09. The highest BCUT2D eigenvalue weighted by molar-refractivity contribution is 7.84. The molecule has 1 fully saturated rings. The predicted octanol–water partition coefficient (Wildman–Crippen LogP) is 1.73. The molecule has 1 aliphatic heterocycles. The fourth-order valence-electron chi connectivity index (χ4n) is 2.26. The van der Waals surface area contributed by atoms with Crippen LogP contribution in [0.4, 0.5) is 15.3 Å². The average Bonchev–Trinajstić information content (AvgIpc) is 2.55. The highest BCUT2D eigenvalue weighted by Gasteiger charge is 2.24. The number of ether oxygens (including phenoxy) is 1. The van der Waals surface area contributed by atoms with Gasteiger partial charge in [-0.2, -0.15) is 0 Å². The van der Waals surface area contributed by atoms with Gasteiger partial charge in [-0.1, -0.05) is 6.07 Å². The SMILES string of the molecule is CCOC(=O)N1CCN(C(=O)Nc2cccc([S@](C)=O)c2)CC1. The summed E-state index contributed by atoms with van der Waals surface area (Å²) < 4.78 is 16.4. The molecule has 3 amide bonds. The van der Waals surface area contributed by atoms with E-state index in [1.807, 2.05) is 0 Å². The first-order valence-electron chi connectivity index (χ1n) is 7.42. The summed E-state index contributed by atoms with van der Waals surface area (Å²) >= 11 is 0. The Bertz CT molecular complexity index is 600. The van der Waals surface area contributed by atoms with Crippen LogP contribution < -0.4 is 5.32 Å². The van der Waals surface area contributed by atoms with Crippen molar-refractivity contribution in [3.05, 3.63) is 24.3 Å². The lowest BCUT2D eigenvalue weighted by Crippen LogP contribution is -2.51. The maximum absolute atomic E-state index is 12.3. The van der Waals surface area contributed by atoms with E-state index in [0.717, 1.165) is 0 Å². The molecule has 7 nitrogen and oxygen atoms in total. The van der Waals surface area contributed by atoms with Crippen LogP contribution in [0, 0.1) is 0 Å². The van der Waals surface area contributed by atoms with Crippen molar-refractivity contribution in [2.75, 3.05) is 44.4 Å². The number of anilines is 1. The number of amides is 3. The molecule has 0 bridgehead atoms. The summed E-state index contributed by atoms with van der Waals surface area (Å²) in [5.41, 5.74) is 0.607. The first-order valence-corrected chi connectivity index (χ1v) is 8.98. The molecule has 126 valence electrons. The van der Waals surface area contributed by atoms with Crippen LogP contribution in [0.5, 0.6) is 0 Å². The van der Waals surface area contributed by atoms with Crippen molar-refractivity contribution >= 4 is 28.6 Å². The minimum Gasteiger partial charge on any atom is -0.450 e. The number of hydrogen-bond donors (Lipinski definition) is 1. The molecule has 2 rings (SSSR count). The first-order chi connectivity index (χ1) is 11.0. The van der Waals surface area contributed by atoms with Gasteiger partial charge in [0.25, 0.3) is 0 Å². The number of nitrogens with zero attached hydrogens (tertiary/aromatic N) is 2. The maximum atomic E-state index is 12.3. The van der Waals surface area contributed by atoms with Gasteiger partial charge < -0.3 is 19.9 Å². The maximum Gasteiger partial charge on any atom is 0.409 e. The van der Waals surface area contributed by atoms with Crippen molar-refractivity contribution in [3.8, 4) is 0 Å². The number of nitrogens with one attached hydrogen (secondary N) is 1. The lowest BCUT2D eigenvalue weighted by Gasteiger charge is -2.34. The predicted molar refractivity (Wildman–Crippen MR) is 88.0 cm³/mol. The van der Waals surface area contributed by atoms with Crippen molar-refractivity contribution in [3.63, 3.8) is 0 Å². The van der Waals surface area contributed by atoms with E-state index in [0.29, 0.717) is 43.4 Å². The number of benzene rings is 1. The minimum absolute atomic E-state index is 0.229. The van der Waals surface area contributed by atoms with Crippen LogP contribution in [0.1, 0.15) is 6.92 Å². The normalized spacial score (nSPS) is 15.9. The molecule has 8 heteroatoms.